The van der Waals surface area contributed by atoms with Crippen molar-refractivity contribution in [3.05, 3.63) is 53.6 Å². The number of rotatable bonds is 9. The minimum Gasteiger partial charge on any atom is -0.493 e. The summed E-state index contributed by atoms with van der Waals surface area (Å²) in [5, 5.41) is 0. The third kappa shape index (κ3) is 5.94. The first-order valence-corrected chi connectivity index (χ1v) is 8.39. The number of alkyl halides is 2. The molecule has 8 heteroatoms. The van der Waals surface area contributed by atoms with E-state index in [2.05, 4.69) is 4.74 Å². The Morgan fingerprint density at radius 1 is 1.07 bits per heavy atom. The molecule has 0 unspecified atom stereocenters. The molecule has 0 radical (unpaired) electrons. The second-order valence-corrected chi connectivity index (χ2v) is 5.98. The average molecular weight is 393 g/mol. The summed E-state index contributed by atoms with van der Waals surface area (Å²) in [6.07, 6.45) is 0. The van der Waals surface area contributed by atoms with Gasteiger partial charge in [0.25, 0.3) is 5.91 Å². The zero-order chi connectivity index (χ0) is 20.7. The quantitative estimate of drug-likeness (QED) is 0.610. The minimum atomic E-state index is -2.95. The zero-order valence-electron chi connectivity index (χ0n) is 15.8. The van der Waals surface area contributed by atoms with Gasteiger partial charge in [-0.25, -0.2) is 0 Å². The van der Waals surface area contributed by atoms with Crippen LogP contribution < -0.4 is 14.2 Å². The van der Waals surface area contributed by atoms with Gasteiger partial charge in [-0.2, -0.15) is 8.78 Å². The van der Waals surface area contributed by atoms with Crippen molar-refractivity contribution in [2.75, 3.05) is 20.8 Å². The Morgan fingerprint density at radius 2 is 1.75 bits per heavy atom. The fourth-order valence-corrected chi connectivity index (χ4v) is 2.41. The molecule has 0 aliphatic rings. The highest BCUT2D eigenvalue weighted by molar-refractivity contribution is 5.94. The van der Waals surface area contributed by atoms with E-state index in [1.807, 2.05) is 0 Å². The molecule has 0 saturated heterocycles. The van der Waals surface area contributed by atoms with E-state index in [9.17, 15) is 18.4 Å². The molecule has 0 saturated carbocycles. The molecule has 0 fully saturated rings. The summed E-state index contributed by atoms with van der Waals surface area (Å²) < 4.78 is 39.6. The van der Waals surface area contributed by atoms with E-state index in [-0.39, 0.29) is 36.3 Å². The molecule has 0 N–H and O–H groups in total. The third-order valence-corrected chi connectivity index (χ3v) is 3.91. The molecule has 0 spiro atoms. The number of halogens is 2. The van der Waals surface area contributed by atoms with Crippen LogP contribution in [0, 0.1) is 0 Å². The smallest absolute Gasteiger partial charge is 0.387 e. The average Bonchev–Trinajstić information content (AvgIpc) is 2.67. The predicted octanol–water partition coefficient (Wildman–Crippen LogP) is 3.54. The van der Waals surface area contributed by atoms with Crippen LogP contribution in [0.5, 0.6) is 17.2 Å². The van der Waals surface area contributed by atoms with Gasteiger partial charge >= 0.3 is 6.61 Å². The topological polar surface area (TPSA) is 65.1 Å². The predicted molar refractivity (Wildman–Crippen MR) is 98.0 cm³/mol. The lowest BCUT2D eigenvalue weighted by molar-refractivity contribution is -0.132. The normalized spacial score (nSPS) is 10.5. The highest BCUT2D eigenvalue weighted by Crippen LogP contribution is 2.29. The van der Waals surface area contributed by atoms with Crippen molar-refractivity contribution >= 4 is 11.7 Å². The standard InChI is InChI=1S/C20H21F2NO5/c1-13(24)15-5-7-16(8-6-15)27-12-19(25)23(2)11-14-4-9-17(28-20(21)22)18(10-14)26-3/h4-10,20H,11-12H2,1-3H3. The van der Waals surface area contributed by atoms with E-state index in [0.717, 1.165) is 0 Å². The molecule has 6 nitrogen and oxygen atoms in total. The first kappa shape index (κ1) is 21.1. The van der Waals surface area contributed by atoms with Gasteiger partial charge < -0.3 is 19.1 Å². The fourth-order valence-electron chi connectivity index (χ4n) is 2.41. The lowest BCUT2D eigenvalue weighted by atomic mass is 10.1. The molecule has 28 heavy (non-hydrogen) atoms. The number of ketones is 1. The summed E-state index contributed by atoms with van der Waals surface area (Å²) in [5.74, 6) is 0.222. The van der Waals surface area contributed by atoms with Gasteiger partial charge in [-0.05, 0) is 48.9 Å². The molecule has 2 aromatic rings. The van der Waals surface area contributed by atoms with Crippen molar-refractivity contribution in [2.24, 2.45) is 0 Å². The van der Waals surface area contributed by atoms with Crippen LogP contribution in [-0.4, -0.2) is 44.0 Å². The van der Waals surface area contributed by atoms with Gasteiger partial charge in [0, 0.05) is 19.2 Å². The summed E-state index contributed by atoms with van der Waals surface area (Å²) in [5.41, 5.74) is 1.24. The van der Waals surface area contributed by atoms with E-state index >= 15 is 0 Å². The molecule has 1 amide bonds. The van der Waals surface area contributed by atoms with Gasteiger partial charge in [0.2, 0.25) is 0 Å². The Labute approximate surface area is 161 Å². The molecule has 150 valence electrons. The van der Waals surface area contributed by atoms with Crippen LogP contribution in [0.2, 0.25) is 0 Å². The number of ether oxygens (including phenoxy) is 3. The van der Waals surface area contributed by atoms with Gasteiger partial charge in [0.15, 0.2) is 23.9 Å². The SMILES string of the molecule is COc1cc(CN(C)C(=O)COc2ccc(C(C)=O)cc2)ccc1OC(F)F. The molecule has 0 atom stereocenters. The van der Waals surface area contributed by atoms with Crippen LogP contribution in [0.3, 0.4) is 0 Å². The molecule has 2 rings (SSSR count). The maximum atomic E-state index is 12.4. The molecular formula is C20H21F2NO5. The van der Waals surface area contributed by atoms with Gasteiger partial charge in [-0.3, -0.25) is 9.59 Å². The summed E-state index contributed by atoms with van der Waals surface area (Å²) in [7, 11) is 2.94. The number of carbonyl (C=O) groups is 2. The zero-order valence-corrected chi connectivity index (χ0v) is 15.8. The van der Waals surface area contributed by atoms with Crippen molar-refractivity contribution in [1.82, 2.24) is 4.90 Å². The van der Waals surface area contributed by atoms with E-state index in [4.69, 9.17) is 9.47 Å². The Bertz CT molecular complexity index is 824. The lowest BCUT2D eigenvalue weighted by Crippen LogP contribution is -2.31. The number of Topliss-reactive ketones (excluding diaryl/α,β-unsaturated/α-hetero) is 1. The van der Waals surface area contributed by atoms with Crippen LogP contribution in [0.25, 0.3) is 0 Å². The van der Waals surface area contributed by atoms with Crippen LogP contribution in [0.1, 0.15) is 22.8 Å². The van der Waals surface area contributed by atoms with Crippen LogP contribution in [0.15, 0.2) is 42.5 Å². The fraction of sp³-hybridized carbons (Fsp3) is 0.300. The van der Waals surface area contributed by atoms with Crippen LogP contribution in [-0.2, 0) is 11.3 Å². The first-order valence-electron chi connectivity index (χ1n) is 8.39. The second-order valence-electron chi connectivity index (χ2n) is 5.98. The molecule has 0 bridgehead atoms. The van der Waals surface area contributed by atoms with E-state index in [0.29, 0.717) is 16.9 Å². The summed E-state index contributed by atoms with van der Waals surface area (Å²) in [4.78, 5) is 24.9. The van der Waals surface area contributed by atoms with Gasteiger partial charge in [0.05, 0.1) is 7.11 Å². The Kier molecular flexibility index (Phi) is 7.31. The van der Waals surface area contributed by atoms with E-state index in [1.165, 1.54) is 31.1 Å². The molecule has 0 aromatic heterocycles. The molecule has 2 aromatic carbocycles. The number of hydrogen-bond acceptors (Lipinski definition) is 5. The monoisotopic (exact) mass is 393 g/mol. The number of hydrogen-bond donors (Lipinski definition) is 0. The largest absolute Gasteiger partial charge is 0.493 e. The number of amides is 1. The number of likely N-dealkylation sites (N-methyl/N-ethyl adjacent to an activating group) is 1. The maximum Gasteiger partial charge on any atom is 0.387 e. The highest BCUT2D eigenvalue weighted by Gasteiger charge is 2.14. The van der Waals surface area contributed by atoms with Crippen molar-refractivity contribution in [3.8, 4) is 17.2 Å². The van der Waals surface area contributed by atoms with Gasteiger partial charge in [0.1, 0.15) is 5.75 Å². The van der Waals surface area contributed by atoms with E-state index < -0.39 is 6.61 Å². The molecular weight excluding hydrogens is 372 g/mol. The first-order chi connectivity index (χ1) is 13.3. The van der Waals surface area contributed by atoms with Crippen LogP contribution in [0.4, 0.5) is 8.78 Å². The number of methoxy groups -OCH3 is 1. The summed E-state index contributed by atoms with van der Waals surface area (Å²) in [6, 6.07) is 11.0. The Hall–Kier alpha value is -3.16. The van der Waals surface area contributed by atoms with Crippen LogP contribution >= 0.6 is 0 Å². The Balaban J connectivity index is 1.93. The van der Waals surface area contributed by atoms with E-state index in [1.54, 1.807) is 37.4 Å². The number of benzene rings is 2. The van der Waals surface area contributed by atoms with Crippen molar-refractivity contribution < 1.29 is 32.6 Å². The third-order valence-electron chi connectivity index (χ3n) is 3.91. The lowest BCUT2D eigenvalue weighted by Gasteiger charge is -2.19. The molecule has 0 aliphatic heterocycles. The van der Waals surface area contributed by atoms with Crippen molar-refractivity contribution in [3.63, 3.8) is 0 Å². The van der Waals surface area contributed by atoms with Crippen molar-refractivity contribution in [1.29, 1.82) is 0 Å². The van der Waals surface area contributed by atoms with Gasteiger partial charge in [-0.15, -0.1) is 0 Å². The minimum absolute atomic E-state index is 0.0530. The Morgan fingerprint density at radius 3 is 2.32 bits per heavy atom. The van der Waals surface area contributed by atoms with Gasteiger partial charge in [-0.1, -0.05) is 6.07 Å². The maximum absolute atomic E-state index is 12.4. The van der Waals surface area contributed by atoms with Crippen molar-refractivity contribution in [2.45, 2.75) is 20.1 Å². The number of carbonyl (C=O) groups excluding carboxylic acids is 2. The second kappa shape index (κ2) is 9.68. The molecule has 0 aliphatic carbocycles. The molecule has 0 heterocycles. The summed E-state index contributed by atoms with van der Waals surface area (Å²) in [6.45, 7) is -1.43. The summed E-state index contributed by atoms with van der Waals surface area (Å²) >= 11 is 0. The highest BCUT2D eigenvalue weighted by atomic mass is 19.3. The number of nitrogens with zero attached hydrogens (tertiary/aromatic N) is 1.